The monoisotopic (exact) mass is 482 g/mol. The Morgan fingerprint density at radius 1 is 0.714 bits per heavy atom. The highest BCUT2D eigenvalue weighted by Gasteiger charge is 2.06. The molecule has 3 rings (SSSR count). The predicted molar refractivity (Wildman–Crippen MR) is 133 cm³/mol. The summed E-state index contributed by atoms with van der Waals surface area (Å²) in [5, 5.41) is 27.7. The topological polar surface area (TPSA) is 113 Å². The third kappa shape index (κ3) is 9.83. The number of rotatable bonds is 8. The van der Waals surface area contributed by atoms with Gasteiger partial charge in [0.2, 0.25) is 0 Å². The Hall–Kier alpha value is -4.59. The van der Waals surface area contributed by atoms with Crippen molar-refractivity contribution in [3.8, 4) is 28.7 Å². The summed E-state index contributed by atoms with van der Waals surface area (Å²) in [5.41, 5.74) is 1.33. The fourth-order valence-electron chi connectivity index (χ4n) is 2.69. The number of benzene rings is 3. The molecule has 35 heavy (non-hydrogen) atoms. The molecule has 0 fully saturated rings. The first kappa shape index (κ1) is 28.4. The van der Waals surface area contributed by atoms with Crippen LogP contribution in [0.1, 0.15) is 17.5 Å². The molecule has 3 aromatic carbocycles. The number of para-hydroxylation sites is 1. The minimum atomic E-state index is -0.347. The van der Waals surface area contributed by atoms with Crippen molar-refractivity contribution < 1.29 is 39.1 Å². The maximum atomic E-state index is 11.9. The average Bonchev–Trinajstić information content (AvgIpc) is 2.84. The van der Waals surface area contributed by atoms with E-state index < -0.39 is 0 Å². The highest BCUT2D eigenvalue weighted by molar-refractivity contribution is 6.10. The van der Waals surface area contributed by atoms with Crippen molar-refractivity contribution >= 4 is 23.7 Å². The van der Waals surface area contributed by atoms with Gasteiger partial charge in [-0.3, -0.25) is 14.3 Å². The van der Waals surface area contributed by atoms with Gasteiger partial charge in [0, 0.05) is 0 Å². The van der Waals surface area contributed by atoms with Gasteiger partial charge in [0.15, 0.2) is 34.6 Å². The Balaban J connectivity index is 0.000000656. The zero-order chi connectivity index (χ0) is 24.9. The number of phenolic OH excluding ortho intramolecular Hbond substituents is 3. The number of halogens is 1. The van der Waals surface area contributed by atoms with Crippen LogP contribution in [0.5, 0.6) is 28.7 Å². The number of hydrogen-bond acceptors (Lipinski definition) is 7. The van der Waals surface area contributed by atoms with Gasteiger partial charge < -0.3 is 24.8 Å². The van der Waals surface area contributed by atoms with E-state index in [0.29, 0.717) is 28.4 Å². The normalized spacial score (nSPS) is 10.2. The molecule has 8 heteroatoms. The molecule has 7 nitrogen and oxygen atoms in total. The second kappa shape index (κ2) is 14.5. The SMILES string of the molecule is COc1cc(/C=C/C(=O)CC(=O)/C=C/c2ccc(O)c(OC)c2)ccc1O.F.Oc1ccccc1. The van der Waals surface area contributed by atoms with Gasteiger partial charge in [-0.1, -0.05) is 42.5 Å². The van der Waals surface area contributed by atoms with E-state index in [9.17, 15) is 19.8 Å². The molecule has 184 valence electrons. The quantitative estimate of drug-likeness (QED) is 0.309. The summed E-state index contributed by atoms with van der Waals surface area (Å²) in [5.74, 6) is 0.239. The Kier molecular flexibility index (Phi) is 11.8. The molecule has 0 amide bonds. The average molecular weight is 483 g/mol. The summed E-state index contributed by atoms with van der Waals surface area (Å²) >= 11 is 0. The Labute approximate surface area is 202 Å². The zero-order valence-electron chi connectivity index (χ0n) is 19.3. The molecule has 0 spiro atoms. The number of carbonyl (C=O) groups is 2. The van der Waals surface area contributed by atoms with E-state index in [1.165, 1.54) is 38.5 Å². The highest BCUT2D eigenvalue weighted by Crippen LogP contribution is 2.27. The molecule has 0 aliphatic heterocycles. The standard InChI is InChI=1S/C21H20O6.C6H6O.FH/c1-26-20-11-14(5-9-18(20)24)3-7-16(22)13-17(23)8-4-15-6-10-19(25)21(12-15)27-2;7-6-4-2-1-3-5-6;/h3-12,24-25H,13H2,1-2H3;1-5,7H;1H/b7-3+,8-4+;;. The van der Waals surface area contributed by atoms with Crippen LogP contribution in [0.15, 0.2) is 78.9 Å². The number of aromatic hydroxyl groups is 3. The molecular weight excluding hydrogens is 455 g/mol. The lowest BCUT2D eigenvalue weighted by Gasteiger charge is -2.03. The van der Waals surface area contributed by atoms with Crippen molar-refractivity contribution in [2.45, 2.75) is 6.42 Å². The molecule has 0 aromatic heterocycles. The maximum Gasteiger partial charge on any atom is 0.163 e. The zero-order valence-corrected chi connectivity index (χ0v) is 19.3. The lowest BCUT2D eigenvalue weighted by Crippen LogP contribution is -2.01. The van der Waals surface area contributed by atoms with Crippen molar-refractivity contribution in [2.24, 2.45) is 0 Å². The van der Waals surface area contributed by atoms with Crippen LogP contribution in [0.3, 0.4) is 0 Å². The first-order valence-electron chi connectivity index (χ1n) is 10.2. The van der Waals surface area contributed by atoms with Crippen LogP contribution in [-0.4, -0.2) is 41.1 Å². The van der Waals surface area contributed by atoms with Gasteiger partial charge in [0.1, 0.15) is 5.75 Å². The Bertz CT molecular complexity index is 1100. The summed E-state index contributed by atoms with van der Waals surface area (Å²) in [6.45, 7) is 0. The summed E-state index contributed by atoms with van der Waals surface area (Å²) < 4.78 is 10.00. The van der Waals surface area contributed by atoms with Crippen molar-refractivity contribution in [3.63, 3.8) is 0 Å². The molecule has 0 bridgehead atoms. The molecule has 0 aliphatic rings. The molecule has 3 N–H and O–H groups in total. The minimum absolute atomic E-state index is 0. The summed E-state index contributed by atoms with van der Waals surface area (Å²) in [4.78, 5) is 23.9. The fraction of sp³-hybridized carbons (Fsp3) is 0.111. The van der Waals surface area contributed by atoms with Crippen molar-refractivity contribution in [3.05, 3.63) is 90.0 Å². The number of ether oxygens (including phenoxy) is 2. The third-order valence-corrected chi connectivity index (χ3v) is 4.44. The van der Waals surface area contributed by atoms with Crippen molar-refractivity contribution in [1.29, 1.82) is 0 Å². The smallest absolute Gasteiger partial charge is 0.163 e. The van der Waals surface area contributed by atoms with Crippen LogP contribution < -0.4 is 9.47 Å². The molecular formula is C27H27FO7. The van der Waals surface area contributed by atoms with Gasteiger partial charge in [-0.25, -0.2) is 0 Å². The van der Waals surface area contributed by atoms with Gasteiger partial charge in [-0.2, -0.15) is 0 Å². The van der Waals surface area contributed by atoms with Gasteiger partial charge in [0.05, 0.1) is 20.6 Å². The summed E-state index contributed by atoms with van der Waals surface area (Å²) in [7, 11) is 2.87. The fourth-order valence-corrected chi connectivity index (χ4v) is 2.69. The van der Waals surface area contributed by atoms with Crippen LogP contribution in [0, 0.1) is 0 Å². The molecule has 0 radical (unpaired) electrons. The van der Waals surface area contributed by atoms with Gasteiger partial charge in [-0.15, -0.1) is 0 Å². The second-order valence-corrected chi connectivity index (χ2v) is 6.97. The van der Waals surface area contributed by atoms with E-state index in [1.807, 2.05) is 6.07 Å². The van der Waals surface area contributed by atoms with Gasteiger partial charge in [-0.05, 0) is 59.7 Å². The van der Waals surface area contributed by atoms with E-state index in [2.05, 4.69) is 0 Å². The maximum absolute atomic E-state index is 11.9. The highest BCUT2D eigenvalue weighted by atomic mass is 19.0. The van der Waals surface area contributed by atoms with Crippen LogP contribution >= 0.6 is 0 Å². The lowest BCUT2D eigenvalue weighted by molar-refractivity contribution is -0.121. The van der Waals surface area contributed by atoms with E-state index in [0.717, 1.165) is 0 Å². The van der Waals surface area contributed by atoms with Crippen LogP contribution in [0.2, 0.25) is 0 Å². The molecule has 3 aromatic rings. The van der Waals surface area contributed by atoms with E-state index in [-0.39, 0.29) is 34.2 Å². The first-order chi connectivity index (χ1) is 16.3. The Morgan fingerprint density at radius 3 is 1.49 bits per heavy atom. The van der Waals surface area contributed by atoms with E-state index in [4.69, 9.17) is 14.6 Å². The van der Waals surface area contributed by atoms with Crippen molar-refractivity contribution in [2.75, 3.05) is 14.2 Å². The van der Waals surface area contributed by atoms with E-state index >= 15 is 0 Å². The lowest BCUT2D eigenvalue weighted by atomic mass is 10.1. The number of methoxy groups -OCH3 is 2. The number of allylic oxidation sites excluding steroid dienone is 2. The van der Waals surface area contributed by atoms with Crippen LogP contribution in [0.4, 0.5) is 4.70 Å². The number of phenols is 3. The molecule has 0 atom stereocenters. The molecule has 0 aliphatic carbocycles. The third-order valence-electron chi connectivity index (χ3n) is 4.44. The molecule has 0 unspecified atom stereocenters. The van der Waals surface area contributed by atoms with Crippen LogP contribution in [0.25, 0.3) is 12.2 Å². The minimum Gasteiger partial charge on any atom is -0.508 e. The van der Waals surface area contributed by atoms with Crippen LogP contribution in [-0.2, 0) is 9.59 Å². The number of ketones is 2. The predicted octanol–water partition coefficient (Wildman–Crippen LogP) is 4.91. The number of hydrogen-bond donors (Lipinski definition) is 3. The molecule has 0 saturated carbocycles. The first-order valence-corrected chi connectivity index (χ1v) is 10.2. The Morgan fingerprint density at radius 2 is 1.14 bits per heavy atom. The molecule has 0 saturated heterocycles. The van der Waals surface area contributed by atoms with E-state index in [1.54, 1.807) is 60.7 Å². The van der Waals surface area contributed by atoms with Gasteiger partial charge in [0.25, 0.3) is 0 Å². The summed E-state index contributed by atoms with van der Waals surface area (Å²) in [6.07, 6.45) is 5.44. The summed E-state index contributed by atoms with van der Waals surface area (Å²) in [6, 6.07) is 18.1. The second-order valence-electron chi connectivity index (χ2n) is 6.97. The van der Waals surface area contributed by atoms with Crippen molar-refractivity contribution in [1.82, 2.24) is 0 Å². The molecule has 0 heterocycles. The number of carbonyl (C=O) groups excluding carboxylic acids is 2. The largest absolute Gasteiger partial charge is 0.508 e. The van der Waals surface area contributed by atoms with Gasteiger partial charge >= 0.3 is 0 Å².